The van der Waals surface area contributed by atoms with Crippen LogP contribution in [0.25, 0.3) is 0 Å². The lowest BCUT2D eigenvalue weighted by Crippen LogP contribution is -2.48. The molecule has 0 aliphatic carbocycles. The first-order valence-electron chi connectivity index (χ1n) is 7.33. The zero-order valence-electron chi connectivity index (χ0n) is 13.7. The van der Waals surface area contributed by atoms with E-state index in [1.165, 1.54) is 16.8 Å². The molecular formula is C16H24N4O3. The topological polar surface area (TPSA) is 81.8 Å². The average molecular weight is 320 g/mol. The van der Waals surface area contributed by atoms with E-state index in [4.69, 9.17) is 12.8 Å². The van der Waals surface area contributed by atoms with Crippen LogP contribution in [0.3, 0.4) is 0 Å². The molecule has 0 aromatic rings. The summed E-state index contributed by atoms with van der Waals surface area (Å²) in [4.78, 5) is 38.5. The number of likely N-dealkylation sites (N-methyl/N-ethyl adjacent to an activating group) is 1. The summed E-state index contributed by atoms with van der Waals surface area (Å²) < 4.78 is 0. The Kier molecular flexibility index (Phi) is 10.8. The van der Waals surface area contributed by atoms with Crippen molar-refractivity contribution >= 4 is 17.7 Å². The fourth-order valence-corrected chi connectivity index (χ4v) is 1.77. The molecule has 2 N–H and O–H groups in total. The van der Waals surface area contributed by atoms with Gasteiger partial charge in [0.2, 0.25) is 17.7 Å². The van der Waals surface area contributed by atoms with Crippen molar-refractivity contribution in [2.24, 2.45) is 0 Å². The number of rotatable bonds is 10. The van der Waals surface area contributed by atoms with Crippen LogP contribution in [-0.4, -0.2) is 73.8 Å². The van der Waals surface area contributed by atoms with Crippen LogP contribution in [0.4, 0.5) is 0 Å². The first-order valence-corrected chi connectivity index (χ1v) is 7.33. The summed E-state index contributed by atoms with van der Waals surface area (Å²) in [5.74, 6) is 3.80. The highest BCUT2D eigenvalue weighted by Crippen LogP contribution is 1.98. The van der Waals surface area contributed by atoms with Gasteiger partial charge in [0.05, 0.1) is 26.2 Å². The Hall–Kier alpha value is -2.51. The Morgan fingerprint density at radius 2 is 1.74 bits per heavy atom. The minimum absolute atomic E-state index is 0.00967. The molecular weight excluding hydrogens is 296 g/mol. The second-order valence-electron chi connectivity index (χ2n) is 4.75. The molecule has 0 aliphatic heterocycles. The Bertz CT molecular complexity index is 491. The number of carbonyl (C=O) groups is 3. The van der Waals surface area contributed by atoms with Crippen molar-refractivity contribution in [1.82, 2.24) is 20.4 Å². The largest absolute Gasteiger partial charge is 0.358 e. The molecule has 0 unspecified atom stereocenters. The minimum atomic E-state index is -0.370. The lowest BCUT2D eigenvalue weighted by Gasteiger charge is -2.26. The lowest BCUT2D eigenvalue weighted by molar-refractivity contribution is -0.141. The molecule has 0 aromatic carbocycles. The third-order valence-corrected chi connectivity index (χ3v) is 2.92. The zero-order valence-corrected chi connectivity index (χ0v) is 13.7. The molecule has 126 valence electrons. The first-order chi connectivity index (χ1) is 11.0. The van der Waals surface area contributed by atoms with Gasteiger partial charge in [0.25, 0.3) is 0 Å². The van der Waals surface area contributed by atoms with Crippen LogP contribution in [0.2, 0.25) is 0 Å². The van der Waals surface area contributed by atoms with Crippen molar-refractivity contribution in [2.45, 2.75) is 13.3 Å². The summed E-state index contributed by atoms with van der Waals surface area (Å²) >= 11 is 0. The van der Waals surface area contributed by atoms with Crippen molar-refractivity contribution in [3.05, 3.63) is 0 Å². The lowest BCUT2D eigenvalue weighted by atomic mass is 10.3. The predicted molar refractivity (Wildman–Crippen MR) is 88.1 cm³/mol. The van der Waals surface area contributed by atoms with Crippen LogP contribution in [0.5, 0.6) is 0 Å². The molecule has 7 nitrogen and oxygen atoms in total. The molecule has 0 heterocycles. The van der Waals surface area contributed by atoms with Crippen molar-refractivity contribution in [3.63, 3.8) is 0 Å². The number of hydrogen-bond donors (Lipinski definition) is 2. The van der Waals surface area contributed by atoms with Crippen LogP contribution >= 0.6 is 0 Å². The van der Waals surface area contributed by atoms with Gasteiger partial charge >= 0.3 is 0 Å². The molecule has 0 aliphatic rings. The Labute approximate surface area is 137 Å². The van der Waals surface area contributed by atoms with Gasteiger partial charge in [-0.15, -0.1) is 12.8 Å². The van der Waals surface area contributed by atoms with E-state index in [1.54, 1.807) is 0 Å². The molecule has 0 fully saturated rings. The van der Waals surface area contributed by atoms with E-state index in [0.717, 1.165) is 0 Å². The highest BCUT2D eigenvalue weighted by molar-refractivity contribution is 5.88. The molecule has 0 spiro atoms. The molecule has 7 heteroatoms. The molecule has 0 bridgehead atoms. The second kappa shape index (κ2) is 12.1. The third-order valence-electron chi connectivity index (χ3n) is 2.92. The van der Waals surface area contributed by atoms with E-state index >= 15 is 0 Å². The Morgan fingerprint density at radius 1 is 1.04 bits per heavy atom. The predicted octanol–water partition coefficient (Wildman–Crippen LogP) is -1.34. The van der Waals surface area contributed by atoms with Crippen molar-refractivity contribution in [3.8, 4) is 24.7 Å². The molecule has 0 saturated heterocycles. The van der Waals surface area contributed by atoms with Crippen molar-refractivity contribution < 1.29 is 14.4 Å². The van der Waals surface area contributed by atoms with Crippen LogP contribution in [0.1, 0.15) is 13.3 Å². The van der Waals surface area contributed by atoms with E-state index < -0.39 is 0 Å². The number of hydrogen-bond acceptors (Lipinski definition) is 4. The van der Waals surface area contributed by atoms with Gasteiger partial charge in [-0.05, 0) is 6.42 Å². The smallest absolute Gasteiger partial charge is 0.243 e. The van der Waals surface area contributed by atoms with Crippen LogP contribution < -0.4 is 10.6 Å². The van der Waals surface area contributed by atoms with Crippen LogP contribution in [-0.2, 0) is 14.4 Å². The van der Waals surface area contributed by atoms with Gasteiger partial charge in [0.1, 0.15) is 6.54 Å². The number of carbonyl (C=O) groups excluding carboxylic acids is 3. The van der Waals surface area contributed by atoms with E-state index in [2.05, 4.69) is 22.5 Å². The average Bonchev–Trinajstić information content (AvgIpc) is 2.53. The molecule has 0 saturated carbocycles. The standard InChI is InChI=1S/C16H24N4O3/c1-5-8-18-11-15(22)20(10-7-3)13-16(23)19(9-6-2)12-14(21)17-4/h1-2,18H,7-13H2,3-4H3,(H,17,21). The second-order valence-corrected chi connectivity index (χ2v) is 4.75. The van der Waals surface area contributed by atoms with Crippen molar-refractivity contribution in [2.75, 3.05) is 46.3 Å². The van der Waals surface area contributed by atoms with Gasteiger partial charge in [-0.2, -0.15) is 0 Å². The third kappa shape index (κ3) is 8.50. The maximum absolute atomic E-state index is 12.3. The fourth-order valence-electron chi connectivity index (χ4n) is 1.77. The van der Waals surface area contributed by atoms with Gasteiger partial charge in [0.15, 0.2) is 0 Å². The Balaban J connectivity index is 4.78. The minimum Gasteiger partial charge on any atom is -0.358 e. The van der Waals surface area contributed by atoms with Gasteiger partial charge < -0.3 is 15.1 Å². The molecule has 0 radical (unpaired) electrons. The summed E-state index contributed by atoms with van der Waals surface area (Å²) in [5.41, 5.74) is 0. The number of nitrogens with zero attached hydrogens (tertiary/aromatic N) is 2. The molecule has 0 rings (SSSR count). The highest BCUT2D eigenvalue weighted by Gasteiger charge is 2.21. The Morgan fingerprint density at radius 3 is 2.26 bits per heavy atom. The van der Waals surface area contributed by atoms with Crippen molar-refractivity contribution in [1.29, 1.82) is 0 Å². The summed E-state index contributed by atoms with van der Waals surface area (Å²) in [7, 11) is 1.48. The summed E-state index contributed by atoms with van der Waals surface area (Å²) in [6.07, 6.45) is 11.0. The normalized spacial score (nSPS) is 9.39. The maximum atomic E-state index is 12.3. The van der Waals surface area contributed by atoms with E-state index in [0.29, 0.717) is 13.0 Å². The molecule has 0 aromatic heterocycles. The quantitative estimate of drug-likeness (QED) is 0.385. The van der Waals surface area contributed by atoms with Gasteiger partial charge in [0, 0.05) is 13.6 Å². The van der Waals surface area contributed by atoms with Crippen LogP contribution in [0.15, 0.2) is 0 Å². The molecule has 23 heavy (non-hydrogen) atoms. The SMILES string of the molecule is C#CCNCC(=O)N(CCC)CC(=O)N(CC#C)CC(=O)NC. The summed E-state index contributed by atoms with van der Waals surface area (Å²) in [6, 6.07) is 0. The summed E-state index contributed by atoms with van der Waals surface area (Å²) in [6.45, 7) is 2.43. The first kappa shape index (κ1) is 20.5. The van der Waals surface area contributed by atoms with Gasteiger partial charge in [-0.3, -0.25) is 19.7 Å². The number of nitrogens with one attached hydrogen (secondary N) is 2. The fraction of sp³-hybridized carbons (Fsp3) is 0.562. The zero-order chi connectivity index (χ0) is 17.7. The maximum Gasteiger partial charge on any atom is 0.243 e. The van der Waals surface area contributed by atoms with Gasteiger partial charge in [-0.25, -0.2) is 0 Å². The molecule has 0 atom stereocenters. The number of terminal acetylenes is 2. The van der Waals surface area contributed by atoms with Crippen LogP contribution in [0, 0.1) is 24.7 Å². The highest BCUT2D eigenvalue weighted by atomic mass is 16.2. The van der Waals surface area contributed by atoms with E-state index in [1.807, 2.05) is 6.92 Å². The molecule has 3 amide bonds. The summed E-state index contributed by atoms with van der Waals surface area (Å²) in [5, 5.41) is 5.23. The van der Waals surface area contributed by atoms with E-state index in [9.17, 15) is 14.4 Å². The number of amides is 3. The van der Waals surface area contributed by atoms with E-state index in [-0.39, 0.29) is 50.4 Å². The monoisotopic (exact) mass is 320 g/mol. The van der Waals surface area contributed by atoms with Gasteiger partial charge in [-0.1, -0.05) is 18.8 Å².